The maximum absolute atomic E-state index is 11.3. The number of nitrogens with zero attached hydrogens (tertiary/aromatic N) is 1. The minimum Gasteiger partial charge on any atom is -0.469 e. The fourth-order valence-electron chi connectivity index (χ4n) is 2.32. The Morgan fingerprint density at radius 1 is 1.33 bits per heavy atom. The van der Waals surface area contributed by atoms with Crippen LogP contribution in [0.4, 0.5) is 0 Å². The summed E-state index contributed by atoms with van der Waals surface area (Å²) in [5.74, 6) is 0.923. The first-order valence-corrected chi connectivity index (χ1v) is 5.93. The van der Waals surface area contributed by atoms with Crippen molar-refractivity contribution in [1.29, 1.82) is 0 Å². The van der Waals surface area contributed by atoms with E-state index in [0.717, 1.165) is 25.3 Å². The van der Waals surface area contributed by atoms with Gasteiger partial charge in [0, 0.05) is 6.54 Å². The fourth-order valence-corrected chi connectivity index (χ4v) is 2.32. The summed E-state index contributed by atoms with van der Waals surface area (Å²) in [6.45, 7) is 4.46. The third-order valence-corrected chi connectivity index (χ3v) is 3.49. The predicted octanol–water partition coefficient (Wildman–Crippen LogP) is 1.92. The van der Waals surface area contributed by atoms with Gasteiger partial charge in [-0.25, -0.2) is 0 Å². The fraction of sp³-hybridized carbons (Fsp3) is 0.917. The van der Waals surface area contributed by atoms with Gasteiger partial charge in [0.25, 0.3) is 0 Å². The van der Waals surface area contributed by atoms with E-state index in [1.807, 2.05) is 0 Å². The number of methoxy groups -OCH3 is 1. The van der Waals surface area contributed by atoms with Gasteiger partial charge in [0.2, 0.25) is 0 Å². The van der Waals surface area contributed by atoms with Crippen molar-refractivity contribution in [1.82, 2.24) is 4.90 Å². The second-order valence-electron chi connectivity index (χ2n) is 4.60. The van der Waals surface area contributed by atoms with E-state index in [1.54, 1.807) is 0 Å². The van der Waals surface area contributed by atoms with Crippen molar-refractivity contribution in [3.63, 3.8) is 0 Å². The van der Waals surface area contributed by atoms with Gasteiger partial charge in [-0.2, -0.15) is 0 Å². The normalized spacial score (nSPS) is 26.7. The number of rotatable bonds is 4. The predicted molar refractivity (Wildman–Crippen MR) is 60.6 cm³/mol. The van der Waals surface area contributed by atoms with Crippen molar-refractivity contribution in [2.75, 3.05) is 27.2 Å². The highest BCUT2D eigenvalue weighted by atomic mass is 16.5. The molecule has 0 bridgehead atoms. The number of ether oxygens (including phenoxy) is 1. The van der Waals surface area contributed by atoms with Crippen molar-refractivity contribution in [3.05, 3.63) is 0 Å². The third kappa shape index (κ3) is 3.82. The first kappa shape index (κ1) is 12.5. The summed E-state index contributed by atoms with van der Waals surface area (Å²) in [6.07, 6.45) is 4.36. The number of carbonyl (C=O) groups is 1. The highest BCUT2D eigenvalue weighted by Gasteiger charge is 2.26. The Hall–Kier alpha value is -0.570. The Morgan fingerprint density at radius 3 is 2.40 bits per heavy atom. The van der Waals surface area contributed by atoms with E-state index in [-0.39, 0.29) is 11.9 Å². The van der Waals surface area contributed by atoms with Crippen LogP contribution in [0.15, 0.2) is 0 Å². The van der Waals surface area contributed by atoms with Crippen LogP contribution in [0.2, 0.25) is 0 Å². The Bertz CT molecular complexity index is 198. The van der Waals surface area contributed by atoms with Gasteiger partial charge in [-0.3, -0.25) is 4.79 Å². The maximum Gasteiger partial charge on any atom is 0.308 e. The smallest absolute Gasteiger partial charge is 0.308 e. The molecule has 1 aliphatic carbocycles. The average molecular weight is 213 g/mol. The van der Waals surface area contributed by atoms with Crippen molar-refractivity contribution in [3.8, 4) is 0 Å². The largest absolute Gasteiger partial charge is 0.469 e. The quantitative estimate of drug-likeness (QED) is 0.668. The third-order valence-electron chi connectivity index (χ3n) is 3.49. The van der Waals surface area contributed by atoms with Crippen LogP contribution in [-0.4, -0.2) is 38.1 Å². The summed E-state index contributed by atoms with van der Waals surface area (Å²) in [5, 5.41) is 0. The maximum atomic E-state index is 11.3. The van der Waals surface area contributed by atoms with Crippen LogP contribution in [0.5, 0.6) is 0 Å². The monoisotopic (exact) mass is 213 g/mol. The van der Waals surface area contributed by atoms with Crippen LogP contribution < -0.4 is 0 Å². The van der Waals surface area contributed by atoms with Gasteiger partial charge in [0.15, 0.2) is 0 Å². The zero-order chi connectivity index (χ0) is 11.3. The lowest BCUT2D eigenvalue weighted by Gasteiger charge is -2.29. The van der Waals surface area contributed by atoms with Crippen molar-refractivity contribution >= 4 is 5.97 Å². The van der Waals surface area contributed by atoms with Crippen LogP contribution in [-0.2, 0) is 9.53 Å². The molecule has 0 aromatic carbocycles. The van der Waals surface area contributed by atoms with Gasteiger partial charge >= 0.3 is 5.97 Å². The SMILES string of the molecule is CCN(C)C[C@H]1CC[C@H](C(=O)OC)CC1. The van der Waals surface area contributed by atoms with Crippen LogP contribution in [0, 0.1) is 11.8 Å². The molecular formula is C12H23NO2. The molecule has 1 aliphatic rings. The van der Waals surface area contributed by atoms with Gasteiger partial charge in [0.05, 0.1) is 13.0 Å². The Labute approximate surface area is 92.8 Å². The molecule has 88 valence electrons. The molecule has 15 heavy (non-hydrogen) atoms. The molecule has 1 rings (SSSR count). The molecule has 0 aliphatic heterocycles. The summed E-state index contributed by atoms with van der Waals surface area (Å²) < 4.78 is 4.78. The minimum absolute atomic E-state index is 0.0164. The van der Waals surface area contributed by atoms with E-state index in [9.17, 15) is 4.79 Å². The van der Waals surface area contributed by atoms with Crippen molar-refractivity contribution in [2.45, 2.75) is 32.6 Å². The molecular weight excluding hydrogens is 190 g/mol. The molecule has 3 nitrogen and oxygen atoms in total. The number of hydrogen-bond donors (Lipinski definition) is 0. The topological polar surface area (TPSA) is 29.5 Å². The molecule has 1 saturated carbocycles. The van der Waals surface area contributed by atoms with E-state index < -0.39 is 0 Å². The average Bonchev–Trinajstić information content (AvgIpc) is 2.29. The lowest BCUT2D eigenvalue weighted by Crippen LogP contribution is -2.30. The molecule has 0 radical (unpaired) electrons. The number of carbonyl (C=O) groups excluding carboxylic acids is 1. The first-order chi connectivity index (χ1) is 7.17. The summed E-state index contributed by atoms with van der Waals surface area (Å²) in [5.41, 5.74) is 0. The Kier molecular flexibility index (Phi) is 5.09. The molecule has 0 spiro atoms. The minimum atomic E-state index is -0.0164. The van der Waals surface area contributed by atoms with E-state index in [1.165, 1.54) is 26.5 Å². The number of hydrogen-bond acceptors (Lipinski definition) is 3. The van der Waals surface area contributed by atoms with E-state index in [4.69, 9.17) is 4.74 Å². The molecule has 0 saturated heterocycles. The Balaban J connectivity index is 2.26. The van der Waals surface area contributed by atoms with Crippen LogP contribution in [0.3, 0.4) is 0 Å². The second kappa shape index (κ2) is 6.11. The molecule has 0 heterocycles. The lowest BCUT2D eigenvalue weighted by atomic mass is 9.82. The van der Waals surface area contributed by atoms with Gasteiger partial charge < -0.3 is 9.64 Å². The van der Waals surface area contributed by atoms with Crippen LogP contribution in [0.25, 0.3) is 0 Å². The molecule has 3 heteroatoms. The summed E-state index contributed by atoms with van der Waals surface area (Å²) >= 11 is 0. The molecule has 0 unspecified atom stereocenters. The highest BCUT2D eigenvalue weighted by Crippen LogP contribution is 2.29. The zero-order valence-corrected chi connectivity index (χ0v) is 10.2. The molecule has 0 N–H and O–H groups in total. The van der Waals surface area contributed by atoms with Crippen LogP contribution >= 0.6 is 0 Å². The Morgan fingerprint density at radius 2 is 1.93 bits per heavy atom. The molecule has 0 atom stereocenters. The van der Waals surface area contributed by atoms with Gasteiger partial charge in [0.1, 0.15) is 0 Å². The highest BCUT2D eigenvalue weighted by molar-refractivity contribution is 5.72. The lowest BCUT2D eigenvalue weighted by molar-refractivity contribution is -0.146. The van der Waals surface area contributed by atoms with Gasteiger partial charge in [-0.1, -0.05) is 6.92 Å². The van der Waals surface area contributed by atoms with E-state index in [0.29, 0.717) is 0 Å². The van der Waals surface area contributed by atoms with E-state index in [2.05, 4.69) is 18.9 Å². The van der Waals surface area contributed by atoms with Gasteiger partial charge in [-0.15, -0.1) is 0 Å². The van der Waals surface area contributed by atoms with Crippen LogP contribution in [0.1, 0.15) is 32.6 Å². The summed E-state index contributed by atoms with van der Waals surface area (Å²) in [4.78, 5) is 13.7. The first-order valence-electron chi connectivity index (χ1n) is 5.93. The standard InChI is InChI=1S/C12H23NO2/c1-4-13(2)9-10-5-7-11(8-6-10)12(14)15-3/h10-11H,4-9H2,1-3H3/t10-,11-. The van der Waals surface area contributed by atoms with Crippen molar-refractivity contribution < 1.29 is 9.53 Å². The molecule has 0 aromatic rings. The second-order valence-corrected chi connectivity index (χ2v) is 4.60. The van der Waals surface area contributed by atoms with Crippen molar-refractivity contribution in [2.24, 2.45) is 11.8 Å². The zero-order valence-electron chi connectivity index (χ0n) is 10.2. The van der Waals surface area contributed by atoms with E-state index >= 15 is 0 Å². The number of esters is 1. The summed E-state index contributed by atoms with van der Waals surface area (Å²) in [6, 6.07) is 0. The summed E-state index contributed by atoms with van der Waals surface area (Å²) in [7, 11) is 3.64. The van der Waals surface area contributed by atoms with Gasteiger partial charge in [-0.05, 0) is 45.2 Å². The molecule has 1 fully saturated rings. The molecule has 0 aromatic heterocycles. The molecule has 0 amide bonds.